The van der Waals surface area contributed by atoms with Gasteiger partial charge < -0.3 is 39.8 Å². The van der Waals surface area contributed by atoms with E-state index in [1.807, 2.05) is 36.4 Å². The SMILES string of the molecule is COc1nc(Nc2ccccc2)nc(Nc2ccc(/C=C/c3ccc(Nc4nc(Nc5ccccc5)nc(OC)n4)cc3S(=O)(=O)[O-])c(S(=O)(=O)[O-])c2)n1. The molecule has 0 amide bonds. The molecule has 0 fully saturated rings. The Labute approximate surface area is 308 Å². The lowest BCUT2D eigenvalue weighted by Crippen LogP contribution is -2.07. The number of hydrogen-bond donors (Lipinski definition) is 4. The summed E-state index contributed by atoms with van der Waals surface area (Å²) < 4.78 is 84.6. The first-order chi connectivity index (χ1) is 25.9. The molecule has 0 aliphatic carbocycles. The van der Waals surface area contributed by atoms with Crippen LogP contribution in [0.5, 0.6) is 12.0 Å². The smallest absolute Gasteiger partial charge is 0.322 e. The van der Waals surface area contributed by atoms with Crippen molar-refractivity contribution in [3.8, 4) is 12.0 Å². The molecule has 54 heavy (non-hydrogen) atoms. The van der Waals surface area contributed by atoms with Gasteiger partial charge in [0, 0.05) is 22.7 Å². The number of para-hydroxylation sites is 2. The summed E-state index contributed by atoms with van der Waals surface area (Å²) in [5.74, 6) is 0.178. The third-order valence-corrected chi connectivity index (χ3v) is 8.96. The van der Waals surface area contributed by atoms with Gasteiger partial charge in [0.1, 0.15) is 20.2 Å². The van der Waals surface area contributed by atoms with Gasteiger partial charge in [-0.2, -0.15) is 29.9 Å². The van der Waals surface area contributed by atoms with Gasteiger partial charge in [0.25, 0.3) is 0 Å². The molecule has 0 aliphatic rings. The minimum atomic E-state index is -5.08. The maximum Gasteiger partial charge on any atom is 0.322 e. The molecular weight excluding hydrogens is 741 g/mol. The van der Waals surface area contributed by atoms with Gasteiger partial charge in [-0.25, -0.2) is 16.8 Å². The number of hydrogen-bond acceptors (Lipinski definition) is 18. The highest BCUT2D eigenvalue weighted by atomic mass is 32.2. The molecule has 276 valence electrons. The largest absolute Gasteiger partial charge is 0.744 e. The summed E-state index contributed by atoms with van der Waals surface area (Å²) in [4.78, 5) is 23.8. The van der Waals surface area contributed by atoms with Gasteiger partial charge >= 0.3 is 12.0 Å². The van der Waals surface area contributed by atoms with E-state index in [0.29, 0.717) is 11.4 Å². The number of methoxy groups -OCH3 is 2. The Morgan fingerprint density at radius 2 is 0.815 bits per heavy atom. The zero-order chi connectivity index (χ0) is 38.3. The molecular formula is C34H28N10O8S2-2. The van der Waals surface area contributed by atoms with Crippen LogP contribution in [-0.4, -0.2) is 70.1 Å². The highest BCUT2D eigenvalue weighted by Crippen LogP contribution is 2.29. The van der Waals surface area contributed by atoms with Gasteiger partial charge in [-0.15, -0.1) is 0 Å². The third kappa shape index (κ3) is 9.57. The van der Waals surface area contributed by atoms with E-state index in [9.17, 15) is 25.9 Å². The summed E-state index contributed by atoms with van der Waals surface area (Å²) in [6, 6.07) is 25.6. The van der Waals surface area contributed by atoms with Gasteiger partial charge in [0.2, 0.25) is 23.8 Å². The Morgan fingerprint density at radius 1 is 0.481 bits per heavy atom. The number of aromatic nitrogens is 6. The number of benzene rings is 4. The molecule has 0 saturated carbocycles. The van der Waals surface area contributed by atoms with E-state index < -0.39 is 30.0 Å². The zero-order valence-electron chi connectivity index (χ0n) is 28.2. The van der Waals surface area contributed by atoms with Crippen LogP contribution in [0.3, 0.4) is 0 Å². The molecule has 0 radical (unpaired) electrons. The van der Waals surface area contributed by atoms with Crippen LogP contribution in [0.15, 0.2) is 107 Å². The fraction of sp³-hybridized carbons (Fsp3) is 0.0588. The van der Waals surface area contributed by atoms with Crippen molar-refractivity contribution in [1.29, 1.82) is 0 Å². The quantitative estimate of drug-likeness (QED) is 0.0837. The Morgan fingerprint density at radius 3 is 1.13 bits per heavy atom. The summed E-state index contributed by atoms with van der Waals surface area (Å²) in [6.07, 6.45) is 2.38. The maximum atomic E-state index is 12.4. The molecule has 2 heterocycles. The molecule has 0 atom stereocenters. The van der Waals surface area contributed by atoms with Crippen molar-refractivity contribution >= 4 is 78.9 Å². The second-order valence-corrected chi connectivity index (χ2v) is 13.6. The third-order valence-electron chi connectivity index (χ3n) is 7.18. The lowest BCUT2D eigenvalue weighted by atomic mass is 10.1. The van der Waals surface area contributed by atoms with E-state index in [1.54, 1.807) is 24.3 Å². The van der Waals surface area contributed by atoms with Crippen molar-refractivity contribution in [3.05, 3.63) is 108 Å². The minimum absolute atomic E-state index is 0.0314. The number of anilines is 8. The van der Waals surface area contributed by atoms with Crippen molar-refractivity contribution in [2.24, 2.45) is 0 Å². The summed E-state index contributed by atoms with van der Waals surface area (Å²) in [5.41, 5.74) is 1.41. The van der Waals surface area contributed by atoms with Crippen LogP contribution >= 0.6 is 0 Å². The molecule has 6 aromatic rings. The standard InChI is InChI=1S/C34H30N10O8S2/c1-51-33-41-29(35-23-9-5-3-6-10-23)39-31(43-33)37-25-17-15-21(27(19-25)53(45,46)47)13-14-22-16-18-26(20-28(22)54(48,49)50)38-32-40-30(42-34(44-32)52-2)36-24-11-7-4-8-12-24/h3-20H,1-2H3,(H,45,46,47)(H,48,49,50)(H2,35,37,39,41,43)(H2,36,38,40,42,44)/p-2/b14-13+. The van der Waals surface area contributed by atoms with Crippen molar-refractivity contribution in [3.63, 3.8) is 0 Å². The van der Waals surface area contributed by atoms with Crippen LogP contribution in [0.4, 0.5) is 46.5 Å². The lowest BCUT2D eigenvalue weighted by molar-refractivity contribution is 0.379. The van der Waals surface area contributed by atoms with Crippen LogP contribution < -0.4 is 30.7 Å². The predicted octanol–water partition coefficient (Wildman–Crippen LogP) is 5.03. The van der Waals surface area contributed by atoms with E-state index in [-0.39, 0.29) is 58.3 Å². The van der Waals surface area contributed by atoms with Gasteiger partial charge in [0.05, 0.1) is 24.0 Å². The van der Waals surface area contributed by atoms with Gasteiger partial charge in [0.15, 0.2) is 0 Å². The van der Waals surface area contributed by atoms with E-state index in [1.165, 1.54) is 50.6 Å². The molecule has 0 saturated heterocycles. The highest BCUT2D eigenvalue weighted by molar-refractivity contribution is 7.86. The average Bonchev–Trinajstić information content (AvgIpc) is 3.14. The molecule has 0 unspecified atom stereocenters. The Hall–Kier alpha value is -6.74. The number of nitrogens with one attached hydrogen (secondary N) is 4. The fourth-order valence-electron chi connectivity index (χ4n) is 4.79. The number of nitrogens with zero attached hydrogens (tertiary/aromatic N) is 6. The van der Waals surface area contributed by atoms with Crippen molar-refractivity contribution in [2.75, 3.05) is 35.5 Å². The van der Waals surface area contributed by atoms with E-state index in [0.717, 1.165) is 12.1 Å². The topological polar surface area (TPSA) is 258 Å². The van der Waals surface area contributed by atoms with Crippen molar-refractivity contribution in [1.82, 2.24) is 29.9 Å². The first-order valence-corrected chi connectivity index (χ1v) is 18.3. The van der Waals surface area contributed by atoms with Gasteiger partial charge in [-0.1, -0.05) is 60.7 Å². The molecule has 20 heteroatoms. The predicted molar refractivity (Wildman–Crippen MR) is 197 cm³/mol. The van der Waals surface area contributed by atoms with Crippen LogP contribution in [0, 0.1) is 0 Å². The Kier molecular flexibility index (Phi) is 10.9. The highest BCUT2D eigenvalue weighted by Gasteiger charge is 2.15. The molecule has 6 rings (SSSR count). The van der Waals surface area contributed by atoms with Crippen LogP contribution in [-0.2, 0) is 20.2 Å². The van der Waals surface area contributed by atoms with Crippen molar-refractivity contribution < 1.29 is 35.4 Å². The molecule has 0 bridgehead atoms. The van der Waals surface area contributed by atoms with Crippen LogP contribution in [0.2, 0.25) is 0 Å². The molecule has 4 N–H and O–H groups in total. The van der Waals surface area contributed by atoms with Gasteiger partial charge in [-0.3, -0.25) is 0 Å². The normalized spacial score (nSPS) is 11.6. The van der Waals surface area contributed by atoms with E-state index >= 15 is 0 Å². The Balaban J connectivity index is 1.26. The average molecular weight is 769 g/mol. The van der Waals surface area contributed by atoms with Crippen LogP contribution in [0.1, 0.15) is 11.1 Å². The second kappa shape index (κ2) is 15.9. The first-order valence-electron chi connectivity index (χ1n) is 15.5. The first kappa shape index (κ1) is 37.0. The van der Waals surface area contributed by atoms with Gasteiger partial charge in [-0.05, 0) is 59.7 Å². The molecule has 2 aromatic heterocycles. The maximum absolute atomic E-state index is 12.4. The number of rotatable bonds is 14. The molecule has 18 nitrogen and oxygen atoms in total. The van der Waals surface area contributed by atoms with Crippen molar-refractivity contribution in [2.45, 2.75) is 9.79 Å². The zero-order valence-corrected chi connectivity index (χ0v) is 29.8. The molecule has 0 spiro atoms. The fourth-order valence-corrected chi connectivity index (χ4v) is 6.18. The minimum Gasteiger partial charge on any atom is -0.744 e. The molecule has 0 aliphatic heterocycles. The summed E-state index contributed by atoms with van der Waals surface area (Å²) >= 11 is 0. The van der Waals surface area contributed by atoms with E-state index in [4.69, 9.17) is 9.47 Å². The summed E-state index contributed by atoms with van der Waals surface area (Å²) in [6.45, 7) is 0. The van der Waals surface area contributed by atoms with E-state index in [2.05, 4.69) is 51.2 Å². The summed E-state index contributed by atoms with van der Waals surface area (Å²) in [7, 11) is -7.45. The Bertz CT molecular complexity index is 2370. The van der Waals surface area contributed by atoms with Crippen LogP contribution in [0.25, 0.3) is 12.2 Å². The lowest BCUT2D eigenvalue weighted by Gasteiger charge is -2.15. The number of ether oxygens (including phenoxy) is 2. The molecule has 4 aromatic carbocycles. The summed E-state index contributed by atoms with van der Waals surface area (Å²) in [5, 5.41) is 11.7. The second-order valence-electron chi connectivity index (χ2n) is 10.9. The monoisotopic (exact) mass is 768 g/mol.